The second kappa shape index (κ2) is 15.6. The Hall–Kier alpha value is -4.41. The van der Waals surface area contributed by atoms with Crippen molar-refractivity contribution in [1.29, 1.82) is 0 Å². The van der Waals surface area contributed by atoms with E-state index in [9.17, 15) is 19.1 Å². The highest BCUT2D eigenvalue weighted by Gasteiger charge is 3.01. The van der Waals surface area contributed by atoms with Crippen LogP contribution in [-0.4, -0.2) is 104 Å². The molecule has 0 saturated heterocycles. The van der Waals surface area contributed by atoms with E-state index in [4.69, 9.17) is 61.6 Å². The zero-order valence-corrected chi connectivity index (χ0v) is 40.5. The fourth-order valence-corrected chi connectivity index (χ4v) is 12.7. The number of likely N-dealkylation sites (N-methyl/N-ethyl adjacent to an activating group) is 2. The molecule has 2 amide bonds. The molecule has 1 spiro atoms. The minimum absolute atomic E-state index is 0.0171. The lowest BCUT2D eigenvalue weighted by Gasteiger charge is -2.37. The van der Waals surface area contributed by atoms with Crippen LogP contribution >= 0.6 is 55.5 Å². The summed E-state index contributed by atoms with van der Waals surface area (Å²) in [7, 11) is -1.20. The maximum Gasteiger partial charge on any atom is 0.524 e. The molecule has 19 heteroatoms. The molecule has 10 rings (SSSR count). The van der Waals surface area contributed by atoms with Gasteiger partial charge in [0.15, 0.2) is 11.5 Å². The predicted octanol–water partition coefficient (Wildman–Crippen LogP) is 8.28. The van der Waals surface area contributed by atoms with Gasteiger partial charge in [-0.2, -0.15) is 0 Å². The summed E-state index contributed by atoms with van der Waals surface area (Å²) in [6, 6.07) is 11.5. The van der Waals surface area contributed by atoms with Gasteiger partial charge in [0.1, 0.15) is 6.61 Å². The molecule has 14 nitrogen and oxygen atoms in total. The van der Waals surface area contributed by atoms with Crippen LogP contribution in [0.3, 0.4) is 0 Å². The fraction of sp³-hybridized carbons (Fsp3) is 0.435. The highest BCUT2D eigenvalue weighted by Crippen LogP contribution is 3.01. The van der Waals surface area contributed by atoms with Gasteiger partial charge in [-0.1, -0.05) is 29.8 Å². The van der Waals surface area contributed by atoms with Crippen LogP contribution in [0, 0.1) is 37.0 Å². The molecule has 0 bridgehead atoms. The number of thiocarbonyl (C=S) groups is 2. The van der Waals surface area contributed by atoms with E-state index in [2.05, 4.69) is 9.97 Å². The third kappa shape index (κ3) is 6.79. The lowest BCUT2D eigenvalue weighted by atomic mass is 9.72. The first kappa shape index (κ1) is 44.4. The van der Waals surface area contributed by atoms with Gasteiger partial charge in [0.2, 0.25) is 11.8 Å². The van der Waals surface area contributed by atoms with E-state index in [0.717, 1.165) is 49.8 Å². The van der Waals surface area contributed by atoms with Crippen LogP contribution in [0.1, 0.15) is 64.5 Å². The normalized spacial score (nSPS) is 24.5. The molecule has 3 fully saturated rings. The van der Waals surface area contributed by atoms with E-state index in [1.54, 1.807) is 11.1 Å². The summed E-state index contributed by atoms with van der Waals surface area (Å²) >= 11 is 24.6. The number of phosphoric ester groups is 1. The minimum atomic E-state index is -4.93. The van der Waals surface area contributed by atoms with Gasteiger partial charge in [-0.25, -0.2) is 4.57 Å². The standard InChI is InChI=1S/C46H49Cl2N6O8PS2/c1-24-6-8-27(9-7-24)20-60-42(64)51(4)10-11-52(5)43(65)61-32-12-30-36(34-25(2)16-49-38(32)34)28(14-47)18-53(30)40(55)44-21-45(23-46(44,45)22-44)41(56)54-19-29(15-48)37-31(54)13-33(62-63(57,58)59)39-35(37)26(3)17-50-39/h6-9,12-13,16-17,28-29,49-50H,10-11,14-15,18-23H2,1-5H3,(H2,57,58,59). The van der Waals surface area contributed by atoms with Gasteiger partial charge < -0.3 is 43.6 Å². The number of alkyl halides is 2. The van der Waals surface area contributed by atoms with Crippen molar-refractivity contribution in [2.45, 2.75) is 58.5 Å². The van der Waals surface area contributed by atoms with Crippen LogP contribution in [-0.2, 0) is 25.5 Å². The number of nitrogens with one attached hydrogen (secondary N) is 2. The lowest BCUT2D eigenvalue weighted by Crippen LogP contribution is -2.49. The number of H-pyrrole nitrogens is 2. The Morgan fingerprint density at radius 2 is 1.29 bits per heavy atom. The van der Waals surface area contributed by atoms with Crippen molar-refractivity contribution in [2.24, 2.45) is 16.2 Å². The molecule has 0 radical (unpaired) electrons. The molecule has 4 N–H and O–H groups in total. The summed E-state index contributed by atoms with van der Waals surface area (Å²) in [5.74, 6) is 0.534. The number of amides is 2. The second-order valence-electron chi connectivity index (χ2n) is 18.7. The number of carbonyl (C=O) groups is 2. The van der Waals surface area contributed by atoms with Crippen LogP contribution < -0.4 is 19.1 Å². The van der Waals surface area contributed by atoms with Gasteiger partial charge in [0, 0.05) is 105 Å². The number of carbonyl (C=O) groups excluding carboxylic acids is 2. The number of aromatic nitrogens is 2. The van der Waals surface area contributed by atoms with Gasteiger partial charge in [-0.3, -0.25) is 19.4 Å². The summed E-state index contributed by atoms with van der Waals surface area (Å²) < 4.78 is 29.6. The molecular formula is C46H49Cl2N6O8PS2. The van der Waals surface area contributed by atoms with Crippen molar-refractivity contribution in [3.8, 4) is 11.5 Å². The van der Waals surface area contributed by atoms with Gasteiger partial charge >= 0.3 is 7.82 Å². The number of fused-ring (bicyclic) bond motifs is 6. The Balaban J connectivity index is 0.867. The Kier molecular flexibility index (Phi) is 10.6. The monoisotopic (exact) mass is 978 g/mol. The fourth-order valence-electron chi connectivity index (χ4n) is 11.4. The van der Waals surface area contributed by atoms with E-state index in [1.807, 2.05) is 86.1 Å². The third-order valence-corrected chi connectivity index (χ3v) is 16.8. The Morgan fingerprint density at radius 1 is 0.800 bits per heavy atom. The number of hydrogen-bond donors (Lipinski definition) is 4. The maximum absolute atomic E-state index is 15.0. The molecule has 4 heterocycles. The topological polar surface area (TPSA) is 164 Å². The summed E-state index contributed by atoms with van der Waals surface area (Å²) in [6.45, 7) is 8.05. The predicted molar refractivity (Wildman–Crippen MR) is 259 cm³/mol. The van der Waals surface area contributed by atoms with E-state index in [-0.39, 0.29) is 40.5 Å². The summed E-state index contributed by atoms with van der Waals surface area (Å²) in [5, 5.41) is 2.30. The van der Waals surface area contributed by atoms with Gasteiger partial charge in [-0.15, -0.1) is 23.2 Å². The summed E-state index contributed by atoms with van der Waals surface area (Å²) in [6.07, 6.45) is 5.26. The number of phosphoric acid groups is 1. The molecule has 5 aromatic rings. The Labute approximate surface area is 396 Å². The van der Waals surface area contributed by atoms with Crippen molar-refractivity contribution in [3.63, 3.8) is 0 Å². The number of benzene rings is 3. The number of hydrogen-bond acceptors (Lipinski definition) is 8. The van der Waals surface area contributed by atoms with Crippen LogP contribution in [0.25, 0.3) is 21.8 Å². The van der Waals surface area contributed by atoms with Crippen molar-refractivity contribution in [1.82, 2.24) is 19.8 Å². The quantitative estimate of drug-likeness (QED) is 0.0539. The molecule has 5 unspecified atom stereocenters. The lowest BCUT2D eigenvalue weighted by molar-refractivity contribution is -0.134. The zero-order valence-electron chi connectivity index (χ0n) is 36.5. The van der Waals surface area contributed by atoms with E-state index < -0.39 is 24.1 Å². The van der Waals surface area contributed by atoms with E-state index in [0.29, 0.717) is 80.1 Å². The minimum Gasteiger partial charge on any atom is -0.466 e. The van der Waals surface area contributed by atoms with Crippen molar-refractivity contribution < 1.29 is 37.9 Å². The first-order chi connectivity index (χ1) is 30.9. The van der Waals surface area contributed by atoms with Crippen molar-refractivity contribution in [2.75, 3.05) is 61.8 Å². The Bertz CT molecular complexity index is 2920. The van der Waals surface area contributed by atoms with Crippen molar-refractivity contribution in [3.05, 3.63) is 82.2 Å². The van der Waals surface area contributed by atoms with Gasteiger partial charge in [-0.05, 0) is 92.3 Å². The number of rotatable bonds is 12. The molecule has 3 aliphatic carbocycles. The van der Waals surface area contributed by atoms with Crippen LogP contribution in [0.15, 0.2) is 48.8 Å². The first-order valence-electron chi connectivity index (χ1n) is 21.5. The number of ether oxygens (including phenoxy) is 2. The summed E-state index contributed by atoms with van der Waals surface area (Å²) in [5.41, 5.74) is 6.45. The van der Waals surface area contributed by atoms with E-state index in [1.165, 1.54) is 11.6 Å². The molecule has 2 aliphatic heterocycles. The number of aromatic amines is 2. The van der Waals surface area contributed by atoms with E-state index >= 15 is 4.79 Å². The number of aryl methyl sites for hydroxylation is 3. The highest BCUT2D eigenvalue weighted by atomic mass is 35.5. The molecule has 65 heavy (non-hydrogen) atoms. The van der Waals surface area contributed by atoms with Crippen LogP contribution in [0.2, 0.25) is 0 Å². The van der Waals surface area contributed by atoms with Gasteiger partial charge in [0.05, 0.1) is 33.2 Å². The molecule has 342 valence electrons. The highest BCUT2D eigenvalue weighted by molar-refractivity contribution is 7.80. The van der Waals surface area contributed by atoms with Crippen LogP contribution in [0.5, 0.6) is 11.5 Å². The zero-order chi connectivity index (χ0) is 46.1. The smallest absolute Gasteiger partial charge is 0.466 e. The molecule has 2 aromatic heterocycles. The molecule has 5 atom stereocenters. The van der Waals surface area contributed by atoms with Gasteiger partial charge in [0.25, 0.3) is 10.3 Å². The number of halogens is 2. The van der Waals surface area contributed by atoms with Crippen LogP contribution in [0.4, 0.5) is 11.4 Å². The Morgan fingerprint density at radius 3 is 1.78 bits per heavy atom. The molecule has 3 saturated carbocycles. The second-order valence-corrected chi connectivity index (χ2v) is 21.2. The average molecular weight is 980 g/mol. The summed E-state index contributed by atoms with van der Waals surface area (Å²) in [4.78, 5) is 63.2. The third-order valence-electron chi connectivity index (χ3n) is 14.8. The SMILES string of the molecule is Cc1ccc(COC(=S)N(C)CCN(C)C(=S)Oc2cc3c(c4c(C)c[nH]c24)C(CCl)CN3C(=O)C23CC4(C(=O)N5CC(CCl)c6c5cc(OP(=O)(O)O)c5[nH]cc(C)c65)CC24C3)cc1. The first-order valence-corrected chi connectivity index (χ1v) is 25.0. The molecule has 5 aliphatic rings. The largest absolute Gasteiger partial charge is 0.524 e. The number of anilines is 2. The number of nitrogens with zero attached hydrogens (tertiary/aromatic N) is 4. The molecular weight excluding hydrogens is 931 g/mol. The molecule has 3 aromatic carbocycles. The van der Waals surface area contributed by atoms with Crippen molar-refractivity contribution >= 4 is 111 Å². The maximum atomic E-state index is 15.0. The average Bonchev–Trinajstić information content (AvgIpc) is 3.64.